The van der Waals surface area contributed by atoms with Crippen LogP contribution in [-0.4, -0.2) is 50.3 Å². The number of rotatable bonds is 10. The summed E-state index contributed by atoms with van der Waals surface area (Å²) in [4.78, 5) is 2.25. The Morgan fingerprint density at radius 3 is 2.50 bits per heavy atom. The van der Waals surface area contributed by atoms with Gasteiger partial charge in [0, 0.05) is 19.7 Å². The maximum absolute atomic E-state index is 9.39. The van der Waals surface area contributed by atoms with Crippen molar-refractivity contribution >= 4 is 0 Å². The van der Waals surface area contributed by atoms with Gasteiger partial charge >= 0.3 is 0 Å². The van der Waals surface area contributed by atoms with Gasteiger partial charge in [0.05, 0.1) is 12.7 Å². The highest BCUT2D eigenvalue weighted by Crippen LogP contribution is 2.17. The molecule has 0 aromatic carbocycles. The van der Waals surface area contributed by atoms with Crippen LogP contribution in [0.5, 0.6) is 0 Å². The van der Waals surface area contributed by atoms with Crippen LogP contribution in [0.2, 0.25) is 0 Å². The molecule has 0 heterocycles. The van der Waals surface area contributed by atoms with Gasteiger partial charge in [0.25, 0.3) is 0 Å². The molecular weight excluding hydrogens is 226 g/mol. The quantitative estimate of drug-likeness (QED) is 0.649. The topological polar surface area (TPSA) is 48.3 Å². The number of nitrogens with zero attached hydrogens (tertiary/aromatic N) is 2. The summed E-state index contributed by atoms with van der Waals surface area (Å²) in [6.45, 7) is 8.97. The molecule has 0 bridgehead atoms. The Balaban J connectivity index is 4.09. The molecule has 0 radical (unpaired) electrons. The van der Waals surface area contributed by atoms with Gasteiger partial charge in [-0.1, -0.05) is 6.92 Å². The largest absolute Gasteiger partial charge is 0.383 e. The zero-order valence-corrected chi connectivity index (χ0v) is 12.6. The van der Waals surface area contributed by atoms with Crippen molar-refractivity contribution in [1.82, 2.24) is 10.2 Å². The number of hydrogen-bond acceptors (Lipinski definition) is 4. The second-order valence-corrected chi connectivity index (χ2v) is 5.25. The molecule has 0 fully saturated rings. The first-order chi connectivity index (χ1) is 8.49. The number of nitrogens with one attached hydrogen (secondary N) is 1. The highest BCUT2D eigenvalue weighted by molar-refractivity contribution is 5.06. The van der Waals surface area contributed by atoms with E-state index in [9.17, 15) is 5.26 Å². The van der Waals surface area contributed by atoms with E-state index < -0.39 is 0 Å². The second-order valence-electron chi connectivity index (χ2n) is 5.25. The number of methoxy groups -OCH3 is 1. The van der Waals surface area contributed by atoms with Gasteiger partial charge < -0.3 is 9.64 Å². The van der Waals surface area contributed by atoms with Crippen molar-refractivity contribution in [3.05, 3.63) is 0 Å². The molecule has 0 aliphatic rings. The van der Waals surface area contributed by atoms with E-state index in [1.165, 1.54) is 0 Å². The minimum absolute atomic E-state index is 0.343. The molecule has 0 aromatic rings. The first-order valence-electron chi connectivity index (χ1n) is 6.86. The SMILES string of the molecule is CCC(C#N)(CCCN(C)CCOC)NC(C)C. The van der Waals surface area contributed by atoms with Gasteiger partial charge in [0.15, 0.2) is 0 Å². The van der Waals surface area contributed by atoms with Crippen molar-refractivity contribution in [2.75, 3.05) is 33.9 Å². The Hall–Kier alpha value is -0.630. The Labute approximate surface area is 112 Å². The standard InChI is InChI=1S/C14H29N3O/c1-6-14(12-15,16-13(2)3)8-7-9-17(4)10-11-18-5/h13,16H,6-11H2,1-5H3. The Bertz CT molecular complexity index is 250. The minimum Gasteiger partial charge on any atom is -0.383 e. The lowest BCUT2D eigenvalue weighted by atomic mass is 9.91. The molecule has 1 atom stereocenters. The Morgan fingerprint density at radius 2 is 2.06 bits per heavy atom. The highest BCUT2D eigenvalue weighted by atomic mass is 16.5. The summed E-state index contributed by atoms with van der Waals surface area (Å²) in [6.07, 6.45) is 2.78. The van der Waals surface area contributed by atoms with E-state index >= 15 is 0 Å². The predicted octanol–water partition coefficient (Wildman–Crippen LogP) is 2.02. The normalized spacial score (nSPS) is 14.8. The lowest BCUT2D eigenvalue weighted by molar-refractivity contribution is 0.158. The minimum atomic E-state index is -0.365. The third-order valence-electron chi connectivity index (χ3n) is 3.20. The molecule has 1 N–H and O–H groups in total. The van der Waals surface area contributed by atoms with Crippen LogP contribution in [0.15, 0.2) is 0 Å². The van der Waals surface area contributed by atoms with Crippen molar-refractivity contribution < 1.29 is 4.74 Å². The third-order valence-corrected chi connectivity index (χ3v) is 3.20. The molecule has 0 amide bonds. The van der Waals surface area contributed by atoms with Gasteiger partial charge in [-0.2, -0.15) is 5.26 Å². The number of hydrogen-bond donors (Lipinski definition) is 1. The summed E-state index contributed by atoms with van der Waals surface area (Å²) < 4.78 is 5.05. The van der Waals surface area contributed by atoms with E-state index in [0.29, 0.717) is 6.04 Å². The molecule has 4 nitrogen and oxygen atoms in total. The molecule has 4 heteroatoms. The van der Waals surface area contributed by atoms with Crippen LogP contribution in [0.3, 0.4) is 0 Å². The molecule has 0 spiro atoms. The van der Waals surface area contributed by atoms with Gasteiger partial charge in [-0.15, -0.1) is 0 Å². The van der Waals surface area contributed by atoms with Crippen molar-refractivity contribution in [2.45, 2.75) is 51.6 Å². The summed E-state index contributed by atoms with van der Waals surface area (Å²) in [5.74, 6) is 0. The zero-order valence-electron chi connectivity index (χ0n) is 12.6. The van der Waals surface area contributed by atoms with E-state index in [1.54, 1.807) is 7.11 Å². The average Bonchev–Trinajstić information content (AvgIpc) is 2.34. The van der Waals surface area contributed by atoms with Gasteiger partial charge in [-0.25, -0.2) is 0 Å². The number of likely N-dealkylation sites (N-methyl/N-ethyl adjacent to an activating group) is 1. The molecule has 0 saturated carbocycles. The van der Waals surface area contributed by atoms with Crippen molar-refractivity contribution in [3.8, 4) is 6.07 Å². The van der Waals surface area contributed by atoms with E-state index in [1.807, 2.05) is 0 Å². The van der Waals surface area contributed by atoms with E-state index in [0.717, 1.165) is 39.0 Å². The first-order valence-corrected chi connectivity index (χ1v) is 6.86. The second kappa shape index (κ2) is 9.32. The van der Waals surface area contributed by atoms with Crippen LogP contribution in [0.4, 0.5) is 0 Å². The van der Waals surface area contributed by atoms with Gasteiger partial charge in [-0.3, -0.25) is 5.32 Å². The molecule has 106 valence electrons. The molecule has 0 saturated heterocycles. The maximum Gasteiger partial charge on any atom is 0.106 e. The van der Waals surface area contributed by atoms with Crippen molar-refractivity contribution in [3.63, 3.8) is 0 Å². The lowest BCUT2D eigenvalue weighted by Gasteiger charge is -2.29. The first kappa shape index (κ1) is 17.4. The van der Waals surface area contributed by atoms with Gasteiger partial charge in [-0.05, 0) is 46.7 Å². The Kier molecular flexibility index (Phi) is 8.99. The molecular formula is C14H29N3O. The van der Waals surface area contributed by atoms with Crippen LogP contribution in [0, 0.1) is 11.3 Å². The fourth-order valence-corrected chi connectivity index (χ4v) is 2.08. The summed E-state index contributed by atoms with van der Waals surface area (Å²) in [5, 5.41) is 12.8. The molecule has 18 heavy (non-hydrogen) atoms. The van der Waals surface area contributed by atoms with Crippen molar-refractivity contribution in [2.24, 2.45) is 0 Å². The molecule has 0 rings (SSSR count). The van der Waals surface area contributed by atoms with E-state index in [-0.39, 0.29) is 5.54 Å². The van der Waals surface area contributed by atoms with E-state index in [2.05, 4.69) is 44.1 Å². The van der Waals surface area contributed by atoms with Crippen LogP contribution in [0.25, 0.3) is 0 Å². The molecule has 1 unspecified atom stereocenters. The fraction of sp³-hybridized carbons (Fsp3) is 0.929. The average molecular weight is 255 g/mol. The number of nitriles is 1. The van der Waals surface area contributed by atoms with Gasteiger partial charge in [0.2, 0.25) is 0 Å². The number of ether oxygens (including phenoxy) is 1. The van der Waals surface area contributed by atoms with E-state index in [4.69, 9.17) is 4.74 Å². The Morgan fingerprint density at radius 1 is 1.39 bits per heavy atom. The predicted molar refractivity (Wildman–Crippen MR) is 75.5 cm³/mol. The van der Waals surface area contributed by atoms with Crippen molar-refractivity contribution in [1.29, 1.82) is 5.26 Å². The molecule has 0 aromatic heterocycles. The summed E-state index contributed by atoms with van der Waals surface area (Å²) in [5.41, 5.74) is -0.365. The summed E-state index contributed by atoms with van der Waals surface area (Å²) in [6, 6.07) is 2.80. The molecule has 0 aliphatic carbocycles. The highest BCUT2D eigenvalue weighted by Gasteiger charge is 2.27. The maximum atomic E-state index is 9.39. The van der Waals surface area contributed by atoms with Crippen LogP contribution < -0.4 is 5.32 Å². The third kappa shape index (κ3) is 6.95. The molecule has 0 aliphatic heterocycles. The van der Waals surface area contributed by atoms with Crippen LogP contribution in [-0.2, 0) is 4.74 Å². The van der Waals surface area contributed by atoms with Crippen LogP contribution in [0.1, 0.15) is 40.0 Å². The smallest absolute Gasteiger partial charge is 0.106 e. The monoisotopic (exact) mass is 255 g/mol. The lowest BCUT2D eigenvalue weighted by Crippen LogP contribution is -2.47. The summed E-state index contributed by atoms with van der Waals surface area (Å²) in [7, 11) is 3.81. The van der Waals surface area contributed by atoms with Gasteiger partial charge in [0.1, 0.15) is 5.54 Å². The fourth-order valence-electron chi connectivity index (χ4n) is 2.08. The zero-order chi connectivity index (χ0) is 14.0. The summed E-state index contributed by atoms with van der Waals surface area (Å²) >= 11 is 0. The van der Waals surface area contributed by atoms with Crippen LogP contribution >= 0.6 is 0 Å².